The lowest BCUT2D eigenvalue weighted by atomic mass is 9.70. The molecule has 4 aromatic rings. The summed E-state index contributed by atoms with van der Waals surface area (Å²) >= 11 is 6.83. The van der Waals surface area contributed by atoms with Gasteiger partial charge in [0.05, 0.1) is 0 Å². The van der Waals surface area contributed by atoms with Gasteiger partial charge in [0, 0.05) is 45.5 Å². The van der Waals surface area contributed by atoms with Crippen molar-refractivity contribution in [2.24, 2.45) is 9.98 Å². The lowest BCUT2D eigenvalue weighted by Crippen LogP contribution is -2.26. The molecule has 218 valence electrons. The van der Waals surface area contributed by atoms with Crippen LogP contribution < -0.4 is 0 Å². The maximum absolute atomic E-state index is 9.16. The SMILES string of the molecule is [C-]#[N+]C(C#N)=Nc1ccc(C2=Cc3sc4c(c3C2(C)C)C(C)(C)c2c-4sc3c2C(C)(C)C(c2ccc(N=C(C#N)[N+]#[C-])s2)=C3)s1. The summed E-state index contributed by atoms with van der Waals surface area (Å²) in [5.74, 6) is -0.301. The summed E-state index contributed by atoms with van der Waals surface area (Å²) in [6.45, 7) is 28.3. The fraction of sp³-hybridized carbons (Fsp3) is 0.257. The van der Waals surface area contributed by atoms with Gasteiger partial charge in [-0.3, -0.25) is 0 Å². The van der Waals surface area contributed by atoms with E-state index in [1.54, 1.807) is 0 Å². The molecule has 3 aliphatic carbocycles. The number of hydrogen-bond donors (Lipinski definition) is 0. The Hall–Kier alpha value is -4.42. The van der Waals surface area contributed by atoms with Crippen LogP contribution >= 0.6 is 45.3 Å². The van der Waals surface area contributed by atoms with Crippen LogP contribution in [0.5, 0.6) is 0 Å². The van der Waals surface area contributed by atoms with Crippen molar-refractivity contribution in [1.82, 2.24) is 0 Å². The molecule has 0 amide bonds. The highest BCUT2D eigenvalue weighted by molar-refractivity contribution is 7.24. The summed E-state index contributed by atoms with van der Waals surface area (Å²) in [6.07, 6.45) is 4.67. The van der Waals surface area contributed by atoms with Crippen LogP contribution in [0.3, 0.4) is 0 Å². The molecule has 0 N–H and O–H groups in total. The quantitative estimate of drug-likeness (QED) is 0.124. The van der Waals surface area contributed by atoms with Crippen LogP contribution in [0, 0.1) is 35.8 Å². The summed E-state index contributed by atoms with van der Waals surface area (Å²) in [7, 11) is 0. The third-order valence-electron chi connectivity index (χ3n) is 9.03. The van der Waals surface area contributed by atoms with E-state index in [-0.39, 0.29) is 27.9 Å². The fourth-order valence-electron chi connectivity index (χ4n) is 7.05. The molecule has 10 heteroatoms. The van der Waals surface area contributed by atoms with Crippen LogP contribution in [0.25, 0.3) is 42.7 Å². The molecule has 0 atom stereocenters. The average molecular weight is 657 g/mol. The molecule has 0 bridgehead atoms. The van der Waals surface area contributed by atoms with Gasteiger partial charge in [0.15, 0.2) is 0 Å². The minimum Gasteiger partial charge on any atom is -0.351 e. The Labute approximate surface area is 277 Å². The molecule has 0 spiro atoms. The molecule has 0 fully saturated rings. The number of allylic oxidation sites excluding steroid dienone is 2. The third kappa shape index (κ3) is 4.04. The lowest BCUT2D eigenvalue weighted by molar-refractivity contribution is 0.597. The van der Waals surface area contributed by atoms with Crippen molar-refractivity contribution in [3.8, 4) is 21.9 Å². The zero-order valence-electron chi connectivity index (χ0n) is 25.3. The molecule has 3 aliphatic rings. The van der Waals surface area contributed by atoms with Gasteiger partial charge in [-0.2, -0.15) is 0 Å². The first-order valence-corrected chi connectivity index (χ1v) is 17.4. The number of nitrogens with zero attached hydrogens (tertiary/aromatic N) is 6. The number of amidine groups is 2. The second kappa shape index (κ2) is 9.79. The van der Waals surface area contributed by atoms with Crippen LogP contribution in [-0.2, 0) is 16.2 Å². The molecule has 0 saturated carbocycles. The molecule has 0 unspecified atom stereocenters. The van der Waals surface area contributed by atoms with Crippen LogP contribution in [0.2, 0.25) is 0 Å². The van der Waals surface area contributed by atoms with Crippen molar-refractivity contribution in [1.29, 1.82) is 10.5 Å². The Morgan fingerprint density at radius 1 is 0.622 bits per heavy atom. The monoisotopic (exact) mass is 656 g/mol. The summed E-state index contributed by atoms with van der Waals surface area (Å²) in [4.78, 5) is 22.5. The predicted octanol–water partition coefficient (Wildman–Crippen LogP) is 10.8. The van der Waals surface area contributed by atoms with Crippen molar-refractivity contribution in [2.45, 2.75) is 57.8 Å². The van der Waals surface area contributed by atoms with Gasteiger partial charge < -0.3 is 9.69 Å². The number of rotatable bonds is 4. The standard InChI is InChI=1S/C35H24N6S4/c1-33(2)17(19-9-11-25(42-19)40-23(15-36)38-7)13-21-27(33)29-31(44-21)32-30(35(29,5)6)28-22(45-32)14-18(34(28,3)4)20-10-12-26(43-20)41-24(16-37)39-8/h9-14H,1-6H3. The Bertz CT molecular complexity index is 2100. The van der Waals surface area contributed by atoms with Gasteiger partial charge in [0.25, 0.3) is 0 Å². The highest BCUT2D eigenvalue weighted by atomic mass is 32.1. The summed E-state index contributed by atoms with van der Waals surface area (Å²) in [5, 5.41) is 19.7. The molecule has 6 nitrogen and oxygen atoms in total. The second-order valence-corrected chi connectivity index (χ2v) is 16.9. The first kappa shape index (κ1) is 29.3. The number of hydrogen-bond acceptors (Lipinski definition) is 8. The Morgan fingerprint density at radius 2 is 1.02 bits per heavy atom. The second-order valence-electron chi connectivity index (χ2n) is 12.7. The fourth-order valence-corrected chi connectivity index (χ4v) is 12.4. The molecule has 45 heavy (non-hydrogen) atoms. The highest BCUT2D eigenvalue weighted by Gasteiger charge is 2.52. The molecule has 7 rings (SSSR count). The maximum atomic E-state index is 9.16. The number of thiophene rings is 4. The molecule has 4 aromatic heterocycles. The van der Waals surface area contributed by atoms with E-state index in [2.05, 4.69) is 85.5 Å². The molecule has 0 aromatic carbocycles. The van der Waals surface area contributed by atoms with Crippen molar-refractivity contribution in [2.75, 3.05) is 0 Å². The van der Waals surface area contributed by atoms with Gasteiger partial charge in [-0.15, -0.1) is 22.7 Å². The summed E-state index contributed by atoms with van der Waals surface area (Å²) in [6, 6.07) is 11.6. The zero-order valence-corrected chi connectivity index (χ0v) is 28.5. The van der Waals surface area contributed by atoms with Gasteiger partial charge in [0.1, 0.15) is 12.1 Å². The Morgan fingerprint density at radius 3 is 1.38 bits per heavy atom. The normalized spacial score (nSPS) is 18.1. The van der Waals surface area contributed by atoms with E-state index in [1.807, 2.05) is 46.9 Å². The van der Waals surface area contributed by atoms with E-state index in [9.17, 15) is 0 Å². The number of aliphatic imine (C=N–C) groups is 2. The first-order valence-electron chi connectivity index (χ1n) is 14.1. The Balaban J connectivity index is 1.29. The van der Waals surface area contributed by atoms with Gasteiger partial charge >= 0.3 is 11.7 Å². The average Bonchev–Trinajstić information content (AvgIpc) is 3.83. The number of fused-ring (bicyclic) bond motifs is 7. The maximum Gasteiger partial charge on any atom is 0.350 e. The minimum absolute atomic E-state index is 0.151. The largest absolute Gasteiger partial charge is 0.351 e. The van der Waals surface area contributed by atoms with Crippen LogP contribution in [0.4, 0.5) is 10.0 Å². The summed E-state index contributed by atoms with van der Waals surface area (Å²) < 4.78 is 0. The highest BCUT2D eigenvalue weighted by Crippen LogP contribution is 2.67. The van der Waals surface area contributed by atoms with Gasteiger partial charge in [-0.25, -0.2) is 10.5 Å². The van der Waals surface area contributed by atoms with E-state index in [0.29, 0.717) is 10.0 Å². The van der Waals surface area contributed by atoms with E-state index in [0.717, 1.165) is 9.75 Å². The Kier molecular flexibility index (Phi) is 6.37. The minimum atomic E-state index is -0.224. The first-order chi connectivity index (χ1) is 21.4. The van der Waals surface area contributed by atoms with Crippen molar-refractivity contribution >= 4 is 90.3 Å². The van der Waals surface area contributed by atoms with Gasteiger partial charge in [-0.05, 0) is 69.8 Å². The topological polar surface area (TPSA) is 81.0 Å². The number of nitriles is 2. The van der Waals surface area contributed by atoms with Crippen molar-refractivity contribution in [3.63, 3.8) is 0 Å². The molecule has 0 aliphatic heterocycles. The van der Waals surface area contributed by atoms with E-state index < -0.39 is 0 Å². The van der Waals surface area contributed by atoms with E-state index >= 15 is 0 Å². The smallest absolute Gasteiger partial charge is 0.350 e. The molecular formula is C35H24N6S4. The van der Waals surface area contributed by atoms with Gasteiger partial charge in [-0.1, -0.05) is 87.3 Å². The van der Waals surface area contributed by atoms with Crippen molar-refractivity contribution < 1.29 is 0 Å². The molecular weight excluding hydrogens is 633 g/mol. The van der Waals surface area contributed by atoms with E-state index in [1.165, 1.54) is 75.6 Å². The van der Waals surface area contributed by atoms with E-state index in [4.69, 9.17) is 23.7 Å². The lowest BCUT2D eigenvalue weighted by Gasteiger charge is -2.33. The van der Waals surface area contributed by atoms with Crippen molar-refractivity contribution in [3.05, 3.63) is 88.9 Å². The molecule has 4 heterocycles. The predicted molar refractivity (Wildman–Crippen MR) is 189 cm³/mol. The molecule has 0 saturated heterocycles. The summed E-state index contributed by atoms with van der Waals surface area (Å²) in [5.41, 5.74) is 7.50. The van der Waals surface area contributed by atoms with Crippen LogP contribution in [0.1, 0.15) is 83.3 Å². The zero-order chi connectivity index (χ0) is 32.1. The van der Waals surface area contributed by atoms with Crippen LogP contribution in [-0.4, -0.2) is 11.7 Å². The molecule has 0 radical (unpaired) electrons. The van der Waals surface area contributed by atoms with Crippen LogP contribution in [0.15, 0.2) is 34.3 Å². The van der Waals surface area contributed by atoms with Gasteiger partial charge in [0.2, 0.25) is 10.0 Å². The third-order valence-corrected chi connectivity index (χ3v) is 13.5.